The highest BCUT2D eigenvalue weighted by molar-refractivity contribution is 7.99. The number of hydrogen-bond acceptors (Lipinski definition) is 5. The third-order valence-corrected chi connectivity index (χ3v) is 4.86. The molecule has 0 radical (unpaired) electrons. The molecule has 0 aliphatic rings. The summed E-state index contributed by atoms with van der Waals surface area (Å²) in [6.45, 7) is 2.36. The normalized spacial score (nSPS) is 10.7. The number of benzene rings is 1. The van der Waals surface area contributed by atoms with Gasteiger partial charge in [0.05, 0.1) is 11.4 Å². The van der Waals surface area contributed by atoms with Crippen LogP contribution in [0.15, 0.2) is 53.2 Å². The lowest BCUT2D eigenvalue weighted by Gasteiger charge is -2.04. The lowest BCUT2D eigenvalue weighted by molar-refractivity contribution is -0.118. The fourth-order valence-corrected chi connectivity index (χ4v) is 3.25. The van der Waals surface area contributed by atoms with Crippen molar-refractivity contribution in [3.8, 4) is 11.5 Å². The van der Waals surface area contributed by atoms with E-state index in [2.05, 4.69) is 15.3 Å². The Kier molecular flexibility index (Phi) is 6.30. The lowest BCUT2D eigenvalue weighted by Crippen LogP contribution is -2.24. The molecule has 134 valence electrons. The Balaban J connectivity index is 1.49. The van der Waals surface area contributed by atoms with Gasteiger partial charge in [0.15, 0.2) is 0 Å². The van der Waals surface area contributed by atoms with Crippen molar-refractivity contribution < 1.29 is 9.21 Å². The van der Waals surface area contributed by atoms with E-state index in [0.717, 1.165) is 22.6 Å². The van der Waals surface area contributed by atoms with Crippen molar-refractivity contribution in [1.82, 2.24) is 15.3 Å². The molecule has 0 spiro atoms. The van der Waals surface area contributed by atoms with Gasteiger partial charge in [0.25, 0.3) is 0 Å². The van der Waals surface area contributed by atoms with Gasteiger partial charge in [0.1, 0.15) is 5.76 Å². The number of pyridine rings is 1. The summed E-state index contributed by atoms with van der Waals surface area (Å²) in [5, 5.41) is 3.55. The van der Waals surface area contributed by atoms with E-state index in [1.165, 1.54) is 11.8 Å². The molecule has 0 saturated heterocycles. The second-order valence-electron chi connectivity index (χ2n) is 5.66. The van der Waals surface area contributed by atoms with Crippen molar-refractivity contribution in [2.75, 3.05) is 5.75 Å². The van der Waals surface area contributed by atoms with Gasteiger partial charge < -0.3 is 9.73 Å². The van der Waals surface area contributed by atoms with Crippen LogP contribution in [0.1, 0.15) is 17.0 Å². The number of carbonyl (C=O) groups excluding carboxylic acids is 1. The highest BCUT2D eigenvalue weighted by atomic mass is 35.5. The number of amides is 1. The molecule has 7 heteroatoms. The molecule has 0 aliphatic carbocycles. The van der Waals surface area contributed by atoms with Gasteiger partial charge in [-0.15, -0.1) is 11.8 Å². The Morgan fingerprint density at radius 3 is 2.81 bits per heavy atom. The zero-order valence-electron chi connectivity index (χ0n) is 14.2. The van der Waals surface area contributed by atoms with Crippen LogP contribution in [-0.4, -0.2) is 21.6 Å². The van der Waals surface area contributed by atoms with E-state index < -0.39 is 0 Å². The predicted octanol–water partition coefficient (Wildman–Crippen LogP) is 4.25. The summed E-state index contributed by atoms with van der Waals surface area (Å²) in [5.74, 6) is 2.29. The van der Waals surface area contributed by atoms with E-state index in [-0.39, 0.29) is 5.91 Å². The third kappa shape index (κ3) is 5.09. The molecule has 26 heavy (non-hydrogen) atoms. The van der Waals surface area contributed by atoms with E-state index in [1.807, 2.05) is 31.2 Å². The maximum Gasteiger partial charge on any atom is 0.230 e. The maximum absolute atomic E-state index is 11.9. The summed E-state index contributed by atoms with van der Waals surface area (Å²) >= 11 is 7.41. The van der Waals surface area contributed by atoms with E-state index in [0.29, 0.717) is 29.0 Å². The molecule has 1 N–H and O–H groups in total. The van der Waals surface area contributed by atoms with Crippen molar-refractivity contribution in [3.63, 3.8) is 0 Å². The molecule has 1 amide bonds. The smallest absolute Gasteiger partial charge is 0.230 e. The first-order valence-electron chi connectivity index (χ1n) is 8.07. The maximum atomic E-state index is 11.9. The zero-order chi connectivity index (χ0) is 18.4. The van der Waals surface area contributed by atoms with E-state index in [9.17, 15) is 4.79 Å². The minimum Gasteiger partial charge on any atom is -0.441 e. The second kappa shape index (κ2) is 8.87. The van der Waals surface area contributed by atoms with Crippen LogP contribution in [0.5, 0.6) is 0 Å². The minimum atomic E-state index is -0.0158. The molecule has 3 aromatic rings. The Bertz CT molecular complexity index is 866. The fraction of sp³-hybridized carbons (Fsp3) is 0.211. The summed E-state index contributed by atoms with van der Waals surface area (Å²) in [7, 11) is 0. The van der Waals surface area contributed by atoms with Crippen LogP contribution in [0, 0.1) is 6.92 Å². The molecule has 0 bridgehead atoms. The van der Waals surface area contributed by atoms with Gasteiger partial charge in [-0.25, -0.2) is 4.98 Å². The zero-order valence-corrected chi connectivity index (χ0v) is 15.8. The molecule has 2 heterocycles. The molecule has 1 aromatic carbocycles. The molecule has 5 nitrogen and oxygen atoms in total. The summed E-state index contributed by atoms with van der Waals surface area (Å²) < 4.78 is 5.73. The number of aryl methyl sites for hydroxylation is 1. The number of hydrogen-bond donors (Lipinski definition) is 1. The average molecular weight is 388 g/mol. The van der Waals surface area contributed by atoms with Gasteiger partial charge in [-0.3, -0.25) is 9.78 Å². The molecule has 3 rings (SSSR count). The summed E-state index contributed by atoms with van der Waals surface area (Å²) in [5.41, 5.74) is 2.70. The number of carbonyl (C=O) groups is 1. The molecular weight excluding hydrogens is 370 g/mol. The number of oxazole rings is 1. The molecule has 0 atom stereocenters. The van der Waals surface area contributed by atoms with Gasteiger partial charge in [-0.05, 0) is 42.8 Å². The number of nitrogens with zero attached hydrogens (tertiary/aromatic N) is 2. The Labute approximate surface area is 161 Å². The Morgan fingerprint density at radius 2 is 2.08 bits per heavy atom. The Hall–Kier alpha value is -2.31. The first-order valence-corrected chi connectivity index (χ1v) is 9.60. The number of rotatable bonds is 7. The molecular formula is C19H18ClN3O2S. The number of nitrogens with one attached hydrogen (secondary N) is 1. The van der Waals surface area contributed by atoms with Crippen LogP contribution in [0.25, 0.3) is 11.5 Å². The van der Waals surface area contributed by atoms with Gasteiger partial charge in [0.2, 0.25) is 11.8 Å². The van der Waals surface area contributed by atoms with Crippen molar-refractivity contribution in [2.24, 2.45) is 0 Å². The third-order valence-electron chi connectivity index (χ3n) is 3.67. The molecule has 2 aromatic heterocycles. The highest BCUT2D eigenvalue weighted by Crippen LogP contribution is 2.25. The highest BCUT2D eigenvalue weighted by Gasteiger charge is 2.12. The summed E-state index contributed by atoms with van der Waals surface area (Å²) in [6, 6.07) is 11.1. The van der Waals surface area contributed by atoms with Crippen LogP contribution in [0.2, 0.25) is 5.02 Å². The van der Waals surface area contributed by atoms with Gasteiger partial charge in [-0.2, -0.15) is 0 Å². The van der Waals surface area contributed by atoms with Crippen LogP contribution >= 0.6 is 23.4 Å². The van der Waals surface area contributed by atoms with Crippen LogP contribution in [-0.2, 0) is 17.1 Å². The number of halogens is 1. The topological polar surface area (TPSA) is 68.0 Å². The molecule has 0 aliphatic heterocycles. The largest absolute Gasteiger partial charge is 0.441 e. The SMILES string of the molecule is Cc1oc(-c2ccc(Cl)cc2)nc1CSCC(=O)NCc1cccnc1. The second-order valence-corrected chi connectivity index (χ2v) is 7.08. The summed E-state index contributed by atoms with van der Waals surface area (Å²) in [4.78, 5) is 20.5. The van der Waals surface area contributed by atoms with E-state index >= 15 is 0 Å². The molecule has 0 saturated carbocycles. The monoisotopic (exact) mass is 387 g/mol. The van der Waals surface area contributed by atoms with E-state index in [1.54, 1.807) is 24.5 Å². The standard InChI is InChI=1S/C19H18ClN3O2S/c1-13-17(23-19(25-13)15-4-6-16(20)7-5-15)11-26-12-18(24)22-10-14-3-2-8-21-9-14/h2-9H,10-12H2,1H3,(H,22,24). The first-order chi connectivity index (χ1) is 12.6. The quantitative estimate of drug-likeness (QED) is 0.656. The van der Waals surface area contributed by atoms with Crippen LogP contribution < -0.4 is 5.32 Å². The minimum absolute atomic E-state index is 0.0158. The van der Waals surface area contributed by atoms with Crippen molar-refractivity contribution >= 4 is 29.3 Å². The van der Waals surface area contributed by atoms with Crippen LogP contribution in [0.3, 0.4) is 0 Å². The van der Waals surface area contributed by atoms with E-state index in [4.69, 9.17) is 16.0 Å². The van der Waals surface area contributed by atoms with Crippen molar-refractivity contribution in [2.45, 2.75) is 19.2 Å². The first kappa shape index (κ1) is 18.5. The molecule has 0 fully saturated rings. The molecule has 0 unspecified atom stereocenters. The fourth-order valence-electron chi connectivity index (χ4n) is 2.27. The summed E-state index contributed by atoms with van der Waals surface area (Å²) in [6.07, 6.45) is 3.45. The van der Waals surface area contributed by atoms with Gasteiger partial charge in [-0.1, -0.05) is 17.7 Å². The Morgan fingerprint density at radius 1 is 1.27 bits per heavy atom. The van der Waals surface area contributed by atoms with Crippen LogP contribution in [0.4, 0.5) is 0 Å². The van der Waals surface area contributed by atoms with Crippen molar-refractivity contribution in [3.05, 3.63) is 70.8 Å². The number of thioether (sulfide) groups is 1. The van der Waals surface area contributed by atoms with Gasteiger partial charge >= 0.3 is 0 Å². The van der Waals surface area contributed by atoms with Crippen molar-refractivity contribution in [1.29, 1.82) is 0 Å². The predicted molar refractivity (Wildman–Crippen MR) is 104 cm³/mol. The average Bonchev–Trinajstić information content (AvgIpc) is 3.02. The lowest BCUT2D eigenvalue weighted by atomic mass is 10.2. The van der Waals surface area contributed by atoms with Gasteiger partial charge in [0, 0.05) is 35.3 Å². The number of aromatic nitrogens is 2.